The molecule has 0 aromatic carbocycles. The molecule has 12 heavy (non-hydrogen) atoms. The molecule has 7 heteroatoms. The Kier molecular flexibility index (Phi) is 3.72. The summed E-state index contributed by atoms with van der Waals surface area (Å²) in [6.45, 7) is 0.932. The average molecular weight is 204 g/mol. The molecule has 3 nitrogen and oxygen atoms in total. The Bertz CT molecular complexity index is 252. The van der Waals surface area contributed by atoms with Gasteiger partial charge in [0.25, 0.3) is 0 Å². The predicted octanol–water partition coefficient (Wildman–Crippen LogP) is 1.43. The lowest BCUT2D eigenvalue weighted by atomic mass is 10.6. The summed E-state index contributed by atoms with van der Waals surface area (Å²) in [7, 11) is -5.42. The van der Waals surface area contributed by atoms with Gasteiger partial charge in [-0.25, -0.2) is 0 Å². The molecule has 0 aliphatic rings. The quantitative estimate of drug-likeness (QED) is 0.397. The Labute approximate surface area is 68.0 Å². The van der Waals surface area contributed by atoms with Crippen molar-refractivity contribution >= 4 is 10.1 Å². The van der Waals surface area contributed by atoms with E-state index in [-0.39, 0.29) is 0 Å². The molecule has 0 spiro atoms. The highest BCUT2D eigenvalue weighted by molar-refractivity contribution is 7.87. The van der Waals surface area contributed by atoms with E-state index in [4.69, 9.17) is 0 Å². The van der Waals surface area contributed by atoms with Gasteiger partial charge in [-0.15, -0.1) is 0 Å². The van der Waals surface area contributed by atoms with Gasteiger partial charge in [0.1, 0.15) is 0 Å². The molecule has 0 aromatic rings. The second kappa shape index (κ2) is 3.90. The molecule has 0 atom stereocenters. The van der Waals surface area contributed by atoms with Crippen molar-refractivity contribution in [2.24, 2.45) is 0 Å². The lowest BCUT2D eigenvalue weighted by Crippen LogP contribution is -2.25. The topological polar surface area (TPSA) is 43.4 Å². The SMILES string of the molecule is CC=CCOS(=O)(=O)C(F)(F)F. The standard InChI is InChI=1S/C5H7F3O3S/c1-2-3-4-11-12(9,10)5(6,7)8/h2-3H,4H2,1H3. The number of hydrogen-bond acceptors (Lipinski definition) is 3. The Morgan fingerprint density at radius 3 is 2.25 bits per heavy atom. The van der Waals surface area contributed by atoms with Crippen LogP contribution in [0.1, 0.15) is 6.92 Å². The van der Waals surface area contributed by atoms with E-state index in [2.05, 4.69) is 4.18 Å². The fourth-order valence-electron chi connectivity index (χ4n) is 0.292. The third kappa shape index (κ3) is 3.22. The Morgan fingerprint density at radius 1 is 1.42 bits per heavy atom. The molecular weight excluding hydrogens is 197 g/mol. The maximum atomic E-state index is 11.5. The first-order valence-electron chi connectivity index (χ1n) is 2.88. The normalized spacial score (nSPS) is 14.0. The summed E-state index contributed by atoms with van der Waals surface area (Å²) in [5, 5.41) is 0. The summed E-state index contributed by atoms with van der Waals surface area (Å²) in [6, 6.07) is 0. The van der Waals surface area contributed by atoms with Crippen molar-refractivity contribution in [2.45, 2.75) is 12.4 Å². The van der Waals surface area contributed by atoms with Crippen molar-refractivity contribution in [3.05, 3.63) is 12.2 Å². The first-order chi connectivity index (χ1) is 5.31. The van der Waals surface area contributed by atoms with Gasteiger partial charge in [-0.05, 0) is 6.92 Å². The zero-order valence-electron chi connectivity index (χ0n) is 6.13. The minimum atomic E-state index is -5.42. The van der Waals surface area contributed by atoms with E-state index >= 15 is 0 Å². The van der Waals surface area contributed by atoms with Crippen molar-refractivity contribution in [1.29, 1.82) is 0 Å². The van der Waals surface area contributed by atoms with Crippen molar-refractivity contribution in [2.75, 3.05) is 6.61 Å². The van der Waals surface area contributed by atoms with Crippen LogP contribution in [0.2, 0.25) is 0 Å². The Hall–Kier alpha value is -0.560. The Morgan fingerprint density at radius 2 is 1.92 bits per heavy atom. The second-order valence-corrected chi connectivity index (χ2v) is 3.36. The summed E-state index contributed by atoms with van der Waals surface area (Å²) >= 11 is 0. The molecule has 72 valence electrons. The zero-order valence-corrected chi connectivity index (χ0v) is 6.95. The van der Waals surface area contributed by atoms with Gasteiger partial charge in [0.15, 0.2) is 0 Å². The van der Waals surface area contributed by atoms with E-state index in [1.807, 2.05) is 0 Å². The fourth-order valence-corrected chi connectivity index (χ4v) is 0.683. The zero-order chi connectivity index (χ0) is 9.83. The fraction of sp³-hybridized carbons (Fsp3) is 0.600. The maximum Gasteiger partial charge on any atom is 0.523 e. The molecular formula is C5H7F3O3S. The summed E-state index contributed by atoms with van der Waals surface area (Å²) in [5.74, 6) is 0. The van der Waals surface area contributed by atoms with Crippen molar-refractivity contribution in [3.8, 4) is 0 Å². The highest BCUT2D eigenvalue weighted by Gasteiger charge is 2.47. The molecule has 0 aliphatic heterocycles. The molecule has 0 radical (unpaired) electrons. The van der Waals surface area contributed by atoms with E-state index in [9.17, 15) is 21.6 Å². The molecule has 0 N–H and O–H groups in total. The van der Waals surface area contributed by atoms with Gasteiger partial charge in [0, 0.05) is 0 Å². The summed E-state index contributed by atoms with van der Waals surface area (Å²) in [4.78, 5) is 0. The maximum absolute atomic E-state index is 11.5. The number of hydrogen-bond donors (Lipinski definition) is 0. The van der Waals surface area contributed by atoms with Crippen LogP contribution >= 0.6 is 0 Å². The largest absolute Gasteiger partial charge is 0.523 e. The summed E-state index contributed by atoms with van der Waals surface area (Å²) in [5.41, 5.74) is -5.34. The molecule has 0 saturated heterocycles. The number of alkyl halides is 3. The lowest BCUT2D eigenvalue weighted by molar-refractivity contribution is -0.0535. The molecule has 0 heterocycles. The van der Waals surface area contributed by atoms with Gasteiger partial charge in [0.2, 0.25) is 0 Å². The van der Waals surface area contributed by atoms with E-state index < -0.39 is 22.2 Å². The van der Waals surface area contributed by atoms with Crippen LogP contribution in [0.3, 0.4) is 0 Å². The number of rotatable bonds is 3. The van der Waals surface area contributed by atoms with E-state index in [0.717, 1.165) is 6.08 Å². The molecule has 0 amide bonds. The molecule has 0 fully saturated rings. The van der Waals surface area contributed by atoms with Crippen LogP contribution in [0.15, 0.2) is 12.2 Å². The van der Waals surface area contributed by atoms with Gasteiger partial charge in [-0.2, -0.15) is 21.6 Å². The van der Waals surface area contributed by atoms with Crippen LogP contribution in [-0.4, -0.2) is 20.5 Å². The predicted molar refractivity (Wildman–Crippen MR) is 35.7 cm³/mol. The Balaban J connectivity index is 4.26. The van der Waals surface area contributed by atoms with Crippen molar-refractivity contribution < 1.29 is 25.8 Å². The second-order valence-electron chi connectivity index (χ2n) is 1.75. The molecule has 0 aliphatic carbocycles. The third-order valence-corrected chi connectivity index (χ3v) is 1.85. The van der Waals surface area contributed by atoms with Crippen LogP contribution < -0.4 is 0 Å². The smallest absolute Gasteiger partial charge is 0.259 e. The average Bonchev–Trinajstić information content (AvgIpc) is 1.85. The van der Waals surface area contributed by atoms with Crippen molar-refractivity contribution in [3.63, 3.8) is 0 Å². The number of halogens is 3. The lowest BCUT2D eigenvalue weighted by Gasteiger charge is -2.05. The van der Waals surface area contributed by atoms with Crippen molar-refractivity contribution in [1.82, 2.24) is 0 Å². The first-order valence-corrected chi connectivity index (χ1v) is 4.29. The minimum Gasteiger partial charge on any atom is -0.259 e. The summed E-state index contributed by atoms with van der Waals surface area (Å²) in [6.07, 6.45) is 2.54. The van der Waals surface area contributed by atoms with Gasteiger partial charge in [-0.1, -0.05) is 12.2 Å². The monoisotopic (exact) mass is 204 g/mol. The van der Waals surface area contributed by atoms with Gasteiger partial charge < -0.3 is 0 Å². The first kappa shape index (κ1) is 11.4. The van der Waals surface area contributed by atoms with Gasteiger partial charge in [0.05, 0.1) is 6.61 Å². The highest BCUT2D eigenvalue weighted by atomic mass is 32.2. The molecule has 0 aromatic heterocycles. The van der Waals surface area contributed by atoms with Gasteiger partial charge in [-0.3, -0.25) is 4.18 Å². The van der Waals surface area contributed by atoms with Gasteiger partial charge >= 0.3 is 15.6 Å². The molecule has 0 saturated carbocycles. The van der Waals surface area contributed by atoms with E-state index in [1.54, 1.807) is 0 Å². The van der Waals surface area contributed by atoms with Crippen LogP contribution in [0.4, 0.5) is 13.2 Å². The molecule has 0 bridgehead atoms. The van der Waals surface area contributed by atoms with E-state index in [0.29, 0.717) is 0 Å². The minimum absolute atomic E-state index is 0.599. The van der Waals surface area contributed by atoms with Crippen LogP contribution in [0.25, 0.3) is 0 Å². The van der Waals surface area contributed by atoms with Crippen LogP contribution in [0.5, 0.6) is 0 Å². The number of allylic oxidation sites excluding steroid dienone is 1. The molecule has 0 unspecified atom stereocenters. The van der Waals surface area contributed by atoms with E-state index in [1.165, 1.54) is 13.0 Å². The summed E-state index contributed by atoms with van der Waals surface area (Å²) < 4.78 is 58.5. The van der Waals surface area contributed by atoms with Crippen LogP contribution in [0, 0.1) is 0 Å². The highest BCUT2D eigenvalue weighted by Crippen LogP contribution is 2.24. The molecule has 0 rings (SSSR count). The third-order valence-electron chi connectivity index (χ3n) is 0.839. The van der Waals surface area contributed by atoms with Crippen LogP contribution in [-0.2, 0) is 14.3 Å².